The van der Waals surface area contributed by atoms with Crippen LogP contribution in [0.5, 0.6) is 5.75 Å². The number of amides is 1. The van der Waals surface area contributed by atoms with Gasteiger partial charge in [-0.05, 0) is 49.2 Å². The molecule has 0 aliphatic rings. The Balaban J connectivity index is 2.22. The molecule has 2 aromatic rings. The summed E-state index contributed by atoms with van der Waals surface area (Å²) in [5.74, 6) is 0.297. The Kier molecular flexibility index (Phi) is 5.23. The van der Waals surface area contributed by atoms with Gasteiger partial charge >= 0.3 is 0 Å². The fourth-order valence-corrected chi connectivity index (χ4v) is 2.07. The number of carbonyl (C=O) groups excluding carboxylic acids is 1. The number of halogens is 1. The largest absolute Gasteiger partial charge is 0.488 e. The Morgan fingerprint density at radius 3 is 2.73 bits per heavy atom. The predicted molar refractivity (Wildman–Crippen MR) is 90.9 cm³/mol. The van der Waals surface area contributed by atoms with E-state index in [1.165, 1.54) is 0 Å². The van der Waals surface area contributed by atoms with Gasteiger partial charge in [0, 0.05) is 10.7 Å². The van der Waals surface area contributed by atoms with Crippen LogP contribution in [0, 0.1) is 6.92 Å². The molecule has 0 fully saturated rings. The average molecular weight is 316 g/mol. The number of hydrogen-bond donors (Lipinski definition) is 1. The van der Waals surface area contributed by atoms with Crippen molar-refractivity contribution in [3.05, 3.63) is 70.8 Å². The van der Waals surface area contributed by atoms with E-state index < -0.39 is 0 Å². The zero-order valence-electron chi connectivity index (χ0n) is 12.7. The maximum Gasteiger partial charge on any atom is 0.259 e. The van der Waals surface area contributed by atoms with Crippen molar-refractivity contribution in [3.8, 4) is 5.75 Å². The van der Waals surface area contributed by atoms with Crippen LogP contribution in [0.2, 0.25) is 5.02 Å². The van der Waals surface area contributed by atoms with Gasteiger partial charge < -0.3 is 10.1 Å². The molecule has 2 aromatic carbocycles. The third kappa shape index (κ3) is 4.12. The quantitative estimate of drug-likeness (QED) is 0.800. The summed E-state index contributed by atoms with van der Waals surface area (Å²) in [5, 5.41) is 3.45. The Morgan fingerprint density at radius 2 is 2.00 bits per heavy atom. The number of anilines is 1. The van der Waals surface area contributed by atoms with Gasteiger partial charge in [0.15, 0.2) is 0 Å². The van der Waals surface area contributed by atoms with Crippen LogP contribution in [0.15, 0.2) is 54.6 Å². The summed E-state index contributed by atoms with van der Waals surface area (Å²) in [6.45, 7) is 7.95. The summed E-state index contributed by atoms with van der Waals surface area (Å²) < 4.78 is 5.62. The van der Waals surface area contributed by atoms with E-state index in [0.29, 0.717) is 28.6 Å². The highest BCUT2D eigenvalue weighted by atomic mass is 35.5. The highest BCUT2D eigenvalue weighted by molar-refractivity contribution is 6.31. The van der Waals surface area contributed by atoms with E-state index in [0.717, 1.165) is 11.1 Å². The summed E-state index contributed by atoms with van der Waals surface area (Å²) in [4.78, 5) is 12.5. The predicted octanol–water partition coefficient (Wildman–Crippen LogP) is 4.86. The van der Waals surface area contributed by atoms with Crippen LogP contribution >= 0.6 is 11.6 Å². The van der Waals surface area contributed by atoms with Gasteiger partial charge in [-0.2, -0.15) is 0 Å². The molecule has 2 rings (SSSR count). The van der Waals surface area contributed by atoms with E-state index >= 15 is 0 Å². The molecule has 4 heteroatoms. The Labute approximate surface area is 135 Å². The van der Waals surface area contributed by atoms with E-state index in [1.54, 1.807) is 30.3 Å². The Hall–Kier alpha value is -2.26. The van der Waals surface area contributed by atoms with Crippen LogP contribution in [0.3, 0.4) is 0 Å². The lowest BCUT2D eigenvalue weighted by Gasteiger charge is -2.13. The van der Waals surface area contributed by atoms with Crippen LogP contribution < -0.4 is 10.1 Å². The van der Waals surface area contributed by atoms with Crippen molar-refractivity contribution in [3.63, 3.8) is 0 Å². The van der Waals surface area contributed by atoms with Crippen molar-refractivity contribution >= 4 is 23.2 Å². The minimum absolute atomic E-state index is 0.234. The van der Waals surface area contributed by atoms with Crippen LogP contribution in [0.25, 0.3) is 0 Å². The standard InChI is InChI=1S/C18H18ClNO2/c1-12(2)11-22-17-7-5-4-6-15(17)18(21)20-16-10-14(19)9-8-13(16)3/h4-10H,1,11H2,2-3H3,(H,20,21). The van der Waals surface area contributed by atoms with Gasteiger partial charge in [0.1, 0.15) is 12.4 Å². The number of ether oxygens (including phenoxy) is 1. The highest BCUT2D eigenvalue weighted by Crippen LogP contribution is 2.23. The molecule has 0 saturated heterocycles. The zero-order chi connectivity index (χ0) is 16.1. The third-order valence-corrected chi connectivity index (χ3v) is 3.29. The first-order chi connectivity index (χ1) is 10.5. The van der Waals surface area contributed by atoms with E-state index in [-0.39, 0.29) is 5.91 Å². The summed E-state index contributed by atoms with van der Waals surface area (Å²) in [6.07, 6.45) is 0. The average Bonchev–Trinajstić information content (AvgIpc) is 2.49. The van der Waals surface area contributed by atoms with Crippen LogP contribution in [0.4, 0.5) is 5.69 Å². The number of para-hydroxylation sites is 1. The van der Waals surface area contributed by atoms with Gasteiger partial charge in [0.2, 0.25) is 0 Å². The SMILES string of the molecule is C=C(C)COc1ccccc1C(=O)Nc1cc(Cl)ccc1C. The first-order valence-electron chi connectivity index (χ1n) is 6.91. The lowest BCUT2D eigenvalue weighted by atomic mass is 10.1. The second-order valence-corrected chi connectivity index (χ2v) is 5.59. The van der Waals surface area contributed by atoms with Crippen molar-refractivity contribution in [2.24, 2.45) is 0 Å². The van der Waals surface area contributed by atoms with Gasteiger partial charge in [-0.25, -0.2) is 0 Å². The van der Waals surface area contributed by atoms with Crippen LogP contribution in [0.1, 0.15) is 22.8 Å². The number of benzene rings is 2. The molecule has 0 radical (unpaired) electrons. The molecule has 0 bridgehead atoms. The van der Waals surface area contributed by atoms with Crippen molar-refractivity contribution in [2.45, 2.75) is 13.8 Å². The van der Waals surface area contributed by atoms with Crippen LogP contribution in [-0.2, 0) is 0 Å². The van der Waals surface area contributed by atoms with E-state index in [2.05, 4.69) is 11.9 Å². The van der Waals surface area contributed by atoms with Crippen molar-refractivity contribution in [1.82, 2.24) is 0 Å². The molecule has 1 N–H and O–H groups in total. The molecule has 114 valence electrons. The molecule has 0 aliphatic heterocycles. The molecular weight excluding hydrogens is 298 g/mol. The Bertz CT molecular complexity index is 710. The summed E-state index contributed by atoms with van der Waals surface area (Å²) >= 11 is 5.98. The first-order valence-corrected chi connectivity index (χ1v) is 7.29. The molecular formula is C18H18ClNO2. The molecule has 0 saturated carbocycles. The number of nitrogens with one attached hydrogen (secondary N) is 1. The number of carbonyl (C=O) groups is 1. The molecule has 0 unspecified atom stereocenters. The molecule has 0 spiro atoms. The second kappa shape index (κ2) is 7.14. The maximum absolute atomic E-state index is 12.5. The summed E-state index contributed by atoms with van der Waals surface area (Å²) in [6, 6.07) is 12.5. The van der Waals surface area contributed by atoms with Crippen molar-refractivity contribution < 1.29 is 9.53 Å². The number of hydrogen-bond acceptors (Lipinski definition) is 2. The normalized spacial score (nSPS) is 10.1. The third-order valence-electron chi connectivity index (χ3n) is 3.05. The Morgan fingerprint density at radius 1 is 1.27 bits per heavy atom. The van der Waals surface area contributed by atoms with Gasteiger partial charge in [-0.15, -0.1) is 0 Å². The monoisotopic (exact) mass is 315 g/mol. The van der Waals surface area contributed by atoms with Gasteiger partial charge in [-0.3, -0.25) is 4.79 Å². The fourth-order valence-electron chi connectivity index (χ4n) is 1.90. The molecule has 0 heterocycles. The molecule has 1 amide bonds. The molecule has 22 heavy (non-hydrogen) atoms. The van der Waals surface area contributed by atoms with Crippen molar-refractivity contribution in [2.75, 3.05) is 11.9 Å². The topological polar surface area (TPSA) is 38.3 Å². The fraction of sp³-hybridized carbons (Fsp3) is 0.167. The summed E-state index contributed by atoms with van der Waals surface area (Å²) in [5.41, 5.74) is 2.99. The van der Waals surface area contributed by atoms with E-state index in [9.17, 15) is 4.79 Å². The number of aryl methyl sites for hydroxylation is 1. The van der Waals surface area contributed by atoms with Gasteiger partial charge in [0.05, 0.1) is 5.56 Å². The first kappa shape index (κ1) is 16.1. The lowest BCUT2D eigenvalue weighted by Crippen LogP contribution is -2.14. The second-order valence-electron chi connectivity index (χ2n) is 5.16. The summed E-state index contributed by atoms with van der Waals surface area (Å²) in [7, 11) is 0. The molecule has 0 aromatic heterocycles. The lowest BCUT2D eigenvalue weighted by molar-refractivity contribution is 0.102. The number of rotatable bonds is 5. The van der Waals surface area contributed by atoms with E-state index in [1.807, 2.05) is 26.0 Å². The minimum Gasteiger partial charge on any atom is -0.488 e. The minimum atomic E-state index is -0.234. The van der Waals surface area contributed by atoms with Crippen molar-refractivity contribution in [1.29, 1.82) is 0 Å². The smallest absolute Gasteiger partial charge is 0.259 e. The maximum atomic E-state index is 12.5. The van der Waals surface area contributed by atoms with Crippen LogP contribution in [-0.4, -0.2) is 12.5 Å². The van der Waals surface area contributed by atoms with Gasteiger partial charge in [0.25, 0.3) is 5.91 Å². The molecule has 3 nitrogen and oxygen atoms in total. The van der Waals surface area contributed by atoms with E-state index in [4.69, 9.17) is 16.3 Å². The zero-order valence-corrected chi connectivity index (χ0v) is 13.4. The molecule has 0 aliphatic carbocycles. The van der Waals surface area contributed by atoms with Gasteiger partial charge in [-0.1, -0.05) is 36.4 Å². The molecule has 0 atom stereocenters. The highest BCUT2D eigenvalue weighted by Gasteiger charge is 2.13.